The molecule has 3 rings (SSSR count). The largest absolute Gasteiger partial charge is 0.326 e. The summed E-state index contributed by atoms with van der Waals surface area (Å²) in [5, 5.41) is 2.67. The summed E-state index contributed by atoms with van der Waals surface area (Å²) >= 11 is 0. The van der Waals surface area contributed by atoms with Crippen LogP contribution < -0.4 is 5.32 Å². The summed E-state index contributed by atoms with van der Waals surface area (Å²) in [7, 11) is -3.21. The van der Waals surface area contributed by atoms with Gasteiger partial charge in [-0.15, -0.1) is 0 Å². The van der Waals surface area contributed by atoms with Gasteiger partial charge in [-0.05, 0) is 49.9 Å². The summed E-state index contributed by atoms with van der Waals surface area (Å²) in [6.07, 6.45) is 7.69. The number of hydrogen-bond donors (Lipinski definition) is 1. The molecule has 0 atom stereocenters. The van der Waals surface area contributed by atoms with Crippen molar-refractivity contribution in [2.75, 3.05) is 5.32 Å². The van der Waals surface area contributed by atoms with E-state index in [1.807, 2.05) is 0 Å². The fraction of sp³-hybridized carbons (Fsp3) is 0.588. The summed E-state index contributed by atoms with van der Waals surface area (Å²) in [6, 6.07) is 6.65. The van der Waals surface area contributed by atoms with Crippen molar-refractivity contribution in [2.45, 2.75) is 61.5 Å². The maximum absolute atomic E-state index is 12.5. The highest BCUT2D eigenvalue weighted by Crippen LogP contribution is 2.30. The molecule has 2 aliphatic rings. The van der Waals surface area contributed by atoms with E-state index in [9.17, 15) is 13.2 Å². The van der Waals surface area contributed by atoms with E-state index in [0.717, 1.165) is 51.4 Å². The molecule has 22 heavy (non-hydrogen) atoms. The quantitative estimate of drug-likeness (QED) is 0.922. The summed E-state index contributed by atoms with van der Waals surface area (Å²) in [6.45, 7) is 0. The van der Waals surface area contributed by atoms with E-state index in [0.29, 0.717) is 10.6 Å². The molecule has 0 radical (unpaired) electrons. The zero-order valence-corrected chi connectivity index (χ0v) is 13.6. The highest BCUT2D eigenvalue weighted by Gasteiger charge is 2.30. The molecule has 120 valence electrons. The molecule has 1 aromatic rings. The van der Waals surface area contributed by atoms with E-state index in [2.05, 4.69) is 5.32 Å². The van der Waals surface area contributed by atoms with Crippen LogP contribution in [0.3, 0.4) is 0 Å². The Morgan fingerprint density at radius 2 is 1.45 bits per heavy atom. The van der Waals surface area contributed by atoms with Crippen LogP contribution in [0.25, 0.3) is 0 Å². The number of hydrogen-bond acceptors (Lipinski definition) is 3. The summed E-state index contributed by atoms with van der Waals surface area (Å²) < 4.78 is 25.0. The molecule has 1 aromatic carbocycles. The van der Waals surface area contributed by atoms with E-state index in [-0.39, 0.29) is 17.1 Å². The van der Waals surface area contributed by atoms with Crippen LogP contribution in [-0.4, -0.2) is 19.6 Å². The summed E-state index contributed by atoms with van der Waals surface area (Å²) in [4.78, 5) is 12.4. The molecule has 0 aromatic heterocycles. The third kappa shape index (κ3) is 3.19. The Morgan fingerprint density at radius 3 is 2.05 bits per heavy atom. The van der Waals surface area contributed by atoms with Gasteiger partial charge in [0.05, 0.1) is 10.1 Å². The van der Waals surface area contributed by atoms with E-state index in [1.165, 1.54) is 0 Å². The molecule has 4 nitrogen and oxygen atoms in total. The van der Waals surface area contributed by atoms with Gasteiger partial charge in [-0.2, -0.15) is 0 Å². The van der Waals surface area contributed by atoms with Crippen molar-refractivity contribution >= 4 is 21.4 Å². The molecule has 0 aliphatic heterocycles. The third-order valence-corrected chi connectivity index (χ3v) is 7.20. The number of anilines is 1. The van der Waals surface area contributed by atoms with Crippen molar-refractivity contribution < 1.29 is 13.2 Å². The van der Waals surface area contributed by atoms with Gasteiger partial charge in [-0.25, -0.2) is 8.42 Å². The fourth-order valence-electron chi connectivity index (χ4n) is 3.55. The van der Waals surface area contributed by atoms with Crippen molar-refractivity contribution in [1.29, 1.82) is 0 Å². The standard InChI is InChI=1S/C17H23NO3S/c19-17(13-5-1-2-6-13)18-14-9-11-16(12-10-14)22(20,21)15-7-3-4-8-15/h9-13,15H,1-8H2,(H,18,19). The van der Waals surface area contributed by atoms with E-state index >= 15 is 0 Å². The molecule has 0 bridgehead atoms. The predicted molar refractivity (Wildman–Crippen MR) is 86.5 cm³/mol. The first kappa shape index (κ1) is 15.5. The zero-order chi connectivity index (χ0) is 15.6. The Kier molecular flexibility index (Phi) is 4.52. The maximum atomic E-state index is 12.5. The Bertz CT molecular complexity index is 624. The number of carbonyl (C=O) groups excluding carboxylic acids is 1. The van der Waals surface area contributed by atoms with Crippen LogP contribution in [0.5, 0.6) is 0 Å². The normalized spacial score (nSPS) is 20.4. The second-order valence-corrected chi connectivity index (χ2v) is 8.67. The van der Waals surface area contributed by atoms with Crippen molar-refractivity contribution in [3.8, 4) is 0 Å². The molecule has 0 saturated heterocycles. The van der Waals surface area contributed by atoms with Crippen molar-refractivity contribution in [3.05, 3.63) is 24.3 Å². The molecule has 1 amide bonds. The smallest absolute Gasteiger partial charge is 0.227 e. The van der Waals surface area contributed by atoms with Crippen LogP contribution in [0.1, 0.15) is 51.4 Å². The van der Waals surface area contributed by atoms with Crippen molar-refractivity contribution in [2.24, 2.45) is 5.92 Å². The Morgan fingerprint density at radius 1 is 0.909 bits per heavy atom. The summed E-state index contributed by atoms with van der Waals surface area (Å²) in [5.41, 5.74) is 0.683. The van der Waals surface area contributed by atoms with Crippen LogP contribution >= 0.6 is 0 Å². The molecule has 5 heteroatoms. The van der Waals surface area contributed by atoms with Gasteiger partial charge in [-0.3, -0.25) is 4.79 Å². The molecular formula is C17H23NO3S. The molecule has 2 saturated carbocycles. The zero-order valence-electron chi connectivity index (χ0n) is 12.8. The molecule has 0 heterocycles. The number of nitrogens with one attached hydrogen (secondary N) is 1. The highest BCUT2D eigenvalue weighted by atomic mass is 32.2. The minimum atomic E-state index is -3.21. The lowest BCUT2D eigenvalue weighted by molar-refractivity contribution is -0.119. The third-order valence-electron chi connectivity index (χ3n) is 4.92. The predicted octanol–water partition coefficient (Wildman–Crippen LogP) is 3.53. The van der Waals surface area contributed by atoms with E-state index < -0.39 is 9.84 Å². The van der Waals surface area contributed by atoms with Gasteiger partial charge >= 0.3 is 0 Å². The lowest BCUT2D eigenvalue weighted by Crippen LogP contribution is -2.20. The first-order valence-corrected chi connectivity index (χ1v) is 9.77. The second-order valence-electron chi connectivity index (χ2n) is 6.45. The van der Waals surface area contributed by atoms with E-state index in [1.54, 1.807) is 24.3 Å². The number of benzene rings is 1. The van der Waals surface area contributed by atoms with Gasteiger partial charge in [0.15, 0.2) is 9.84 Å². The van der Waals surface area contributed by atoms with Gasteiger partial charge in [0.25, 0.3) is 0 Å². The lowest BCUT2D eigenvalue weighted by atomic mass is 10.1. The second kappa shape index (κ2) is 6.41. The highest BCUT2D eigenvalue weighted by molar-refractivity contribution is 7.92. The minimum Gasteiger partial charge on any atom is -0.326 e. The molecule has 0 unspecified atom stereocenters. The van der Waals surface area contributed by atoms with Crippen LogP contribution in [0, 0.1) is 5.92 Å². The lowest BCUT2D eigenvalue weighted by Gasteiger charge is -2.13. The fourth-order valence-corrected chi connectivity index (χ4v) is 5.41. The number of rotatable bonds is 4. The van der Waals surface area contributed by atoms with Crippen molar-refractivity contribution in [1.82, 2.24) is 0 Å². The molecule has 0 spiro atoms. The van der Waals surface area contributed by atoms with Crippen LogP contribution in [0.2, 0.25) is 0 Å². The van der Waals surface area contributed by atoms with Gasteiger partial charge < -0.3 is 5.32 Å². The molecular weight excluding hydrogens is 298 g/mol. The molecule has 2 fully saturated rings. The first-order chi connectivity index (χ1) is 10.6. The molecule has 2 aliphatic carbocycles. The Hall–Kier alpha value is -1.36. The average Bonchev–Trinajstić information content (AvgIpc) is 3.21. The van der Waals surface area contributed by atoms with Crippen LogP contribution in [-0.2, 0) is 14.6 Å². The Balaban J connectivity index is 1.68. The minimum absolute atomic E-state index is 0.0592. The average molecular weight is 321 g/mol. The van der Waals surface area contributed by atoms with Gasteiger partial charge in [-0.1, -0.05) is 25.7 Å². The van der Waals surface area contributed by atoms with Gasteiger partial charge in [0.2, 0.25) is 5.91 Å². The SMILES string of the molecule is O=C(Nc1ccc(S(=O)(=O)C2CCCC2)cc1)C1CCCC1. The first-order valence-electron chi connectivity index (χ1n) is 8.22. The maximum Gasteiger partial charge on any atom is 0.227 e. The molecule has 1 N–H and O–H groups in total. The van der Waals surface area contributed by atoms with Crippen LogP contribution in [0.15, 0.2) is 29.2 Å². The number of sulfone groups is 1. The number of carbonyl (C=O) groups is 1. The topological polar surface area (TPSA) is 63.2 Å². The van der Waals surface area contributed by atoms with Gasteiger partial charge in [0, 0.05) is 11.6 Å². The van der Waals surface area contributed by atoms with Gasteiger partial charge in [0.1, 0.15) is 0 Å². The van der Waals surface area contributed by atoms with E-state index in [4.69, 9.17) is 0 Å². The monoisotopic (exact) mass is 321 g/mol. The van der Waals surface area contributed by atoms with Crippen molar-refractivity contribution in [3.63, 3.8) is 0 Å². The Labute approximate surface area is 132 Å². The number of amides is 1. The summed E-state index contributed by atoms with van der Waals surface area (Å²) in [5.74, 6) is 0.172. The van der Waals surface area contributed by atoms with Crippen LogP contribution in [0.4, 0.5) is 5.69 Å².